The van der Waals surface area contributed by atoms with Crippen LogP contribution in [0.1, 0.15) is 13.3 Å². The summed E-state index contributed by atoms with van der Waals surface area (Å²) in [5.74, 6) is 0. The minimum atomic E-state index is 1.03. The lowest BCUT2D eigenvalue weighted by Crippen LogP contribution is -1.78. The molecule has 0 aliphatic carbocycles. The Kier molecular flexibility index (Phi) is 5.13. The Bertz CT molecular complexity index is 136. The number of hydrogen-bond donors (Lipinski definition) is 0. The number of rotatable bonds is 4. The van der Waals surface area contributed by atoms with Crippen molar-refractivity contribution < 1.29 is 0 Å². The van der Waals surface area contributed by atoms with E-state index in [1.54, 1.807) is 11.8 Å². The molecular formula is C9H14S. The van der Waals surface area contributed by atoms with Gasteiger partial charge in [0, 0.05) is 4.91 Å². The zero-order chi connectivity index (χ0) is 7.98. The topological polar surface area (TPSA) is 0 Å². The normalized spacial score (nSPS) is 12.2. The van der Waals surface area contributed by atoms with Crippen molar-refractivity contribution in [1.82, 2.24) is 0 Å². The molecule has 0 saturated heterocycles. The molecule has 0 amide bonds. The van der Waals surface area contributed by atoms with Gasteiger partial charge in [0.15, 0.2) is 0 Å². The van der Waals surface area contributed by atoms with E-state index in [2.05, 4.69) is 26.3 Å². The molecule has 0 bridgehead atoms. The number of thioether (sulfide) groups is 1. The van der Waals surface area contributed by atoms with Crippen LogP contribution in [0.25, 0.3) is 0 Å². The summed E-state index contributed by atoms with van der Waals surface area (Å²) in [6.45, 7) is 9.57. The van der Waals surface area contributed by atoms with Gasteiger partial charge in [0.2, 0.25) is 0 Å². The quantitative estimate of drug-likeness (QED) is 0.559. The number of hydrogen-bond acceptors (Lipinski definition) is 1. The standard InChI is InChI=1S/C9H14S/c1-5-8(6-2)9(7-3)10-4/h5,7H,1,3,6H2,2,4H3/b9-8-. The summed E-state index contributed by atoms with van der Waals surface area (Å²) >= 11 is 1.72. The zero-order valence-electron chi connectivity index (χ0n) is 6.68. The van der Waals surface area contributed by atoms with Gasteiger partial charge in [0.05, 0.1) is 0 Å². The van der Waals surface area contributed by atoms with Gasteiger partial charge in [0.25, 0.3) is 0 Å². The highest BCUT2D eigenvalue weighted by Crippen LogP contribution is 2.20. The van der Waals surface area contributed by atoms with Crippen LogP contribution in [0.5, 0.6) is 0 Å². The zero-order valence-corrected chi connectivity index (χ0v) is 7.50. The maximum absolute atomic E-state index is 3.73. The summed E-state index contributed by atoms with van der Waals surface area (Å²) < 4.78 is 0. The molecule has 0 atom stereocenters. The minimum Gasteiger partial charge on any atom is -0.129 e. The average molecular weight is 154 g/mol. The van der Waals surface area contributed by atoms with Gasteiger partial charge in [-0.3, -0.25) is 0 Å². The fraction of sp³-hybridized carbons (Fsp3) is 0.333. The van der Waals surface area contributed by atoms with Crippen molar-refractivity contribution in [1.29, 1.82) is 0 Å². The third-order valence-electron chi connectivity index (χ3n) is 1.35. The van der Waals surface area contributed by atoms with Gasteiger partial charge in [-0.1, -0.05) is 32.2 Å². The van der Waals surface area contributed by atoms with Crippen LogP contribution in [0.4, 0.5) is 0 Å². The summed E-state index contributed by atoms with van der Waals surface area (Å²) in [5, 5.41) is 0. The molecule has 0 unspecified atom stereocenters. The Morgan fingerprint density at radius 2 is 2.00 bits per heavy atom. The summed E-state index contributed by atoms with van der Waals surface area (Å²) in [5.41, 5.74) is 1.28. The molecule has 0 aliphatic rings. The molecule has 0 spiro atoms. The van der Waals surface area contributed by atoms with E-state index in [0.29, 0.717) is 0 Å². The summed E-state index contributed by atoms with van der Waals surface area (Å²) in [7, 11) is 0. The van der Waals surface area contributed by atoms with Crippen molar-refractivity contribution in [2.75, 3.05) is 6.26 Å². The van der Waals surface area contributed by atoms with Crippen LogP contribution in [0.15, 0.2) is 35.8 Å². The van der Waals surface area contributed by atoms with E-state index in [-0.39, 0.29) is 0 Å². The SMILES string of the molecule is C=C/C(CC)=C(\C=C)SC. The summed E-state index contributed by atoms with van der Waals surface area (Å²) in [6, 6.07) is 0. The van der Waals surface area contributed by atoms with Gasteiger partial charge >= 0.3 is 0 Å². The molecule has 0 heterocycles. The first-order valence-corrected chi connectivity index (χ1v) is 4.54. The first-order valence-electron chi connectivity index (χ1n) is 3.32. The van der Waals surface area contributed by atoms with Crippen LogP contribution in [0.3, 0.4) is 0 Å². The average Bonchev–Trinajstić information content (AvgIpc) is 2.00. The van der Waals surface area contributed by atoms with E-state index in [0.717, 1.165) is 6.42 Å². The van der Waals surface area contributed by atoms with Crippen LogP contribution in [0, 0.1) is 0 Å². The molecule has 0 fully saturated rings. The summed E-state index contributed by atoms with van der Waals surface area (Å²) in [6.07, 6.45) is 6.86. The van der Waals surface area contributed by atoms with Crippen molar-refractivity contribution in [3.8, 4) is 0 Å². The Balaban J connectivity index is 4.50. The van der Waals surface area contributed by atoms with E-state index in [9.17, 15) is 0 Å². The van der Waals surface area contributed by atoms with Crippen LogP contribution >= 0.6 is 11.8 Å². The van der Waals surface area contributed by atoms with Crippen LogP contribution < -0.4 is 0 Å². The highest BCUT2D eigenvalue weighted by atomic mass is 32.2. The van der Waals surface area contributed by atoms with E-state index < -0.39 is 0 Å². The van der Waals surface area contributed by atoms with Crippen LogP contribution in [0.2, 0.25) is 0 Å². The third kappa shape index (κ3) is 2.44. The molecular weight excluding hydrogens is 140 g/mol. The smallest absolute Gasteiger partial charge is 0.00949 e. The molecule has 0 aromatic rings. The van der Waals surface area contributed by atoms with Gasteiger partial charge < -0.3 is 0 Å². The van der Waals surface area contributed by atoms with Crippen molar-refractivity contribution >= 4 is 11.8 Å². The maximum atomic E-state index is 3.73. The highest BCUT2D eigenvalue weighted by Gasteiger charge is 1.94. The minimum absolute atomic E-state index is 1.03. The fourth-order valence-electron chi connectivity index (χ4n) is 0.765. The molecule has 56 valence electrons. The van der Waals surface area contributed by atoms with E-state index in [1.165, 1.54) is 10.5 Å². The van der Waals surface area contributed by atoms with Crippen molar-refractivity contribution in [2.45, 2.75) is 13.3 Å². The van der Waals surface area contributed by atoms with Gasteiger partial charge in [-0.15, -0.1) is 11.8 Å². The van der Waals surface area contributed by atoms with Gasteiger partial charge in [-0.05, 0) is 18.2 Å². The molecule has 0 N–H and O–H groups in total. The van der Waals surface area contributed by atoms with E-state index in [1.807, 2.05) is 12.2 Å². The Morgan fingerprint density at radius 3 is 2.10 bits per heavy atom. The predicted octanol–water partition coefficient (Wildman–Crippen LogP) is 3.39. The lowest BCUT2D eigenvalue weighted by molar-refractivity contribution is 1.15. The molecule has 0 radical (unpaired) electrons. The van der Waals surface area contributed by atoms with Crippen molar-refractivity contribution in [3.63, 3.8) is 0 Å². The maximum Gasteiger partial charge on any atom is 0.00949 e. The third-order valence-corrected chi connectivity index (χ3v) is 2.22. The van der Waals surface area contributed by atoms with Crippen LogP contribution in [-0.4, -0.2) is 6.26 Å². The lowest BCUT2D eigenvalue weighted by Gasteiger charge is -2.01. The van der Waals surface area contributed by atoms with Gasteiger partial charge in [0.1, 0.15) is 0 Å². The largest absolute Gasteiger partial charge is 0.129 e. The molecule has 1 heteroatoms. The van der Waals surface area contributed by atoms with Gasteiger partial charge in [-0.25, -0.2) is 0 Å². The second kappa shape index (κ2) is 5.36. The van der Waals surface area contributed by atoms with E-state index >= 15 is 0 Å². The van der Waals surface area contributed by atoms with E-state index in [4.69, 9.17) is 0 Å². The Hall–Kier alpha value is -0.430. The first-order chi connectivity index (χ1) is 4.79. The summed E-state index contributed by atoms with van der Waals surface area (Å²) in [4.78, 5) is 1.23. The van der Waals surface area contributed by atoms with Crippen LogP contribution in [-0.2, 0) is 0 Å². The molecule has 0 nitrogen and oxygen atoms in total. The molecule has 0 aromatic heterocycles. The van der Waals surface area contributed by atoms with Gasteiger partial charge in [-0.2, -0.15) is 0 Å². The second-order valence-electron chi connectivity index (χ2n) is 1.86. The monoisotopic (exact) mass is 154 g/mol. The molecule has 0 rings (SSSR count). The molecule has 0 saturated carbocycles. The second-order valence-corrected chi connectivity index (χ2v) is 2.70. The fourth-order valence-corrected chi connectivity index (χ4v) is 1.42. The Labute approximate surface area is 67.7 Å². The number of allylic oxidation sites excluding steroid dienone is 3. The highest BCUT2D eigenvalue weighted by molar-refractivity contribution is 8.02. The van der Waals surface area contributed by atoms with Crippen molar-refractivity contribution in [2.24, 2.45) is 0 Å². The first kappa shape index (κ1) is 9.57. The Morgan fingerprint density at radius 1 is 1.40 bits per heavy atom. The lowest BCUT2D eigenvalue weighted by atomic mass is 10.2. The molecule has 0 aromatic carbocycles. The van der Waals surface area contributed by atoms with Crippen molar-refractivity contribution in [3.05, 3.63) is 35.8 Å². The predicted molar refractivity (Wildman–Crippen MR) is 51.2 cm³/mol. The molecule has 0 aliphatic heterocycles. The molecule has 10 heavy (non-hydrogen) atoms.